The van der Waals surface area contributed by atoms with Crippen LogP contribution < -0.4 is 15.7 Å². The molecule has 0 spiro atoms. The van der Waals surface area contributed by atoms with Crippen molar-refractivity contribution in [2.45, 2.75) is 6.54 Å². The third kappa shape index (κ3) is 2.88. The van der Waals surface area contributed by atoms with E-state index in [1.807, 2.05) is 6.07 Å². The summed E-state index contributed by atoms with van der Waals surface area (Å²) in [4.78, 5) is 11.7. The van der Waals surface area contributed by atoms with Gasteiger partial charge in [0.1, 0.15) is 17.1 Å². The van der Waals surface area contributed by atoms with Crippen molar-refractivity contribution in [2.75, 3.05) is 12.4 Å². The Labute approximate surface area is 126 Å². The number of nitrogens with one attached hydrogen (secondary N) is 1. The van der Waals surface area contributed by atoms with Crippen LogP contribution in [0.25, 0.3) is 11.0 Å². The van der Waals surface area contributed by atoms with Gasteiger partial charge in [0.25, 0.3) is 0 Å². The number of anilines is 1. The summed E-state index contributed by atoms with van der Waals surface area (Å²) in [5, 5.41) is 13.3. The van der Waals surface area contributed by atoms with Crippen molar-refractivity contribution in [2.24, 2.45) is 0 Å². The second-order valence-electron chi connectivity index (χ2n) is 4.85. The molecular formula is C17H15NO4. The first-order valence-electron chi connectivity index (χ1n) is 6.79. The van der Waals surface area contributed by atoms with Crippen molar-refractivity contribution in [3.8, 4) is 11.5 Å². The molecule has 2 N–H and O–H groups in total. The Morgan fingerprint density at radius 3 is 2.64 bits per heavy atom. The molecule has 22 heavy (non-hydrogen) atoms. The molecular weight excluding hydrogens is 282 g/mol. The molecule has 112 valence electrons. The molecule has 0 unspecified atom stereocenters. The lowest BCUT2D eigenvalue weighted by molar-refractivity contribution is 0.415. The van der Waals surface area contributed by atoms with Crippen LogP contribution in [-0.2, 0) is 6.54 Å². The van der Waals surface area contributed by atoms with Gasteiger partial charge < -0.3 is 19.6 Å². The second kappa shape index (κ2) is 5.81. The summed E-state index contributed by atoms with van der Waals surface area (Å²) in [5.74, 6) is 0.910. The molecule has 0 aliphatic heterocycles. The van der Waals surface area contributed by atoms with E-state index < -0.39 is 0 Å². The first-order chi connectivity index (χ1) is 10.7. The fourth-order valence-corrected chi connectivity index (χ4v) is 2.26. The Hall–Kier alpha value is -2.95. The van der Waals surface area contributed by atoms with E-state index in [4.69, 9.17) is 9.15 Å². The number of aromatic hydroxyl groups is 1. The van der Waals surface area contributed by atoms with Gasteiger partial charge in [0.2, 0.25) is 0 Å². The Bertz CT molecular complexity index is 853. The maximum absolute atomic E-state index is 11.7. The molecule has 2 aromatic carbocycles. The van der Waals surface area contributed by atoms with Crippen LogP contribution in [0.5, 0.6) is 11.5 Å². The van der Waals surface area contributed by atoms with Crippen LogP contribution in [0.15, 0.2) is 57.7 Å². The quantitative estimate of drug-likeness (QED) is 0.572. The first kappa shape index (κ1) is 14.0. The summed E-state index contributed by atoms with van der Waals surface area (Å²) in [6.45, 7) is 0.458. The highest BCUT2D eigenvalue weighted by Crippen LogP contribution is 2.23. The van der Waals surface area contributed by atoms with Crippen LogP contribution >= 0.6 is 0 Å². The molecule has 1 aromatic heterocycles. The molecule has 0 amide bonds. The largest absolute Gasteiger partial charge is 0.508 e. The van der Waals surface area contributed by atoms with Crippen LogP contribution in [0.3, 0.4) is 0 Å². The number of hydrogen-bond acceptors (Lipinski definition) is 5. The third-order valence-electron chi connectivity index (χ3n) is 3.39. The molecule has 5 nitrogen and oxygen atoms in total. The summed E-state index contributed by atoms with van der Waals surface area (Å²) in [5.41, 5.74) is 1.80. The van der Waals surface area contributed by atoms with E-state index in [0.29, 0.717) is 17.9 Å². The van der Waals surface area contributed by atoms with Crippen molar-refractivity contribution in [3.05, 3.63) is 64.5 Å². The minimum absolute atomic E-state index is 0.209. The van der Waals surface area contributed by atoms with Gasteiger partial charge in [0.15, 0.2) is 0 Å². The molecule has 0 aliphatic carbocycles. The first-order valence-corrected chi connectivity index (χ1v) is 6.79. The average molecular weight is 297 g/mol. The van der Waals surface area contributed by atoms with Gasteiger partial charge >= 0.3 is 5.63 Å². The normalized spacial score (nSPS) is 10.6. The van der Waals surface area contributed by atoms with Gasteiger partial charge in [0, 0.05) is 23.7 Å². The molecule has 3 rings (SSSR count). The third-order valence-corrected chi connectivity index (χ3v) is 3.39. The monoisotopic (exact) mass is 297 g/mol. The second-order valence-corrected chi connectivity index (χ2v) is 4.85. The predicted octanol–water partition coefficient (Wildman–Crippen LogP) is 3.12. The van der Waals surface area contributed by atoms with Crippen LogP contribution in [0.1, 0.15) is 5.56 Å². The van der Waals surface area contributed by atoms with E-state index >= 15 is 0 Å². The lowest BCUT2D eigenvalue weighted by Gasteiger charge is -2.09. The Morgan fingerprint density at radius 1 is 1.14 bits per heavy atom. The summed E-state index contributed by atoms with van der Waals surface area (Å²) >= 11 is 0. The number of methoxy groups -OCH3 is 1. The maximum Gasteiger partial charge on any atom is 0.336 e. The number of hydrogen-bond donors (Lipinski definition) is 2. The minimum atomic E-state index is -0.389. The van der Waals surface area contributed by atoms with Crippen LogP contribution in [0, 0.1) is 0 Å². The molecule has 0 radical (unpaired) electrons. The van der Waals surface area contributed by atoms with Gasteiger partial charge in [-0.3, -0.25) is 0 Å². The summed E-state index contributed by atoms with van der Waals surface area (Å²) in [6, 6.07) is 13.5. The Balaban J connectivity index is 1.94. The van der Waals surface area contributed by atoms with Crippen molar-refractivity contribution in [1.82, 2.24) is 0 Å². The number of fused-ring (bicyclic) bond motifs is 1. The van der Waals surface area contributed by atoms with Gasteiger partial charge in [0.05, 0.1) is 7.11 Å². The van der Waals surface area contributed by atoms with Crippen molar-refractivity contribution in [1.29, 1.82) is 0 Å². The van der Waals surface area contributed by atoms with E-state index in [9.17, 15) is 9.90 Å². The Morgan fingerprint density at radius 2 is 1.91 bits per heavy atom. The van der Waals surface area contributed by atoms with E-state index in [1.54, 1.807) is 43.5 Å². The Kier molecular flexibility index (Phi) is 3.70. The fraction of sp³-hybridized carbons (Fsp3) is 0.118. The molecule has 1 heterocycles. The fourth-order valence-electron chi connectivity index (χ4n) is 2.26. The topological polar surface area (TPSA) is 71.7 Å². The molecule has 3 aromatic rings. The molecule has 0 saturated carbocycles. The highest BCUT2D eigenvalue weighted by Gasteiger charge is 2.07. The van der Waals surface area contributed by atoms with Gasteiger partial charge in [-0.15, -0.1) is 0 Å². The highest BCUT2D eigenvalue weighted by molar-refractivity contribution is 5.82. The number of phenols is 1. The molecule has 0 bridgehead atoms. The van der Waals surface area contributed by atoms with E-state index in [-0.39, 0.29) is 11.4 Å². The van der Waals surface area contributed by atoms with Crippen molar-refractivity contribution < 1.29 is 14.3 Å². The van der Waals surface area contributed by atoms with E-state index in [0.717, 1.165) is 16.6 Å². The smallest absolute Gasteiger partial charge is 0.336 e. The van der Waals surface area contributed by atoms with Gasteiger partial charge in [-0.05, 0) is 48.0 Å². The standard InChI is InChI=1S/C17H15NO4/c1-21-14-6-7-16-15(9-14)11(8-17(20)22-16)10-18-12-2-4-13(19)5-3-12/h2-9,18-19H,10H2,1H3. The maximum atomic E-state index is 11.7. The number of phenolic OH excluding ortho intramolecular Hbond substituents is 1. The van der Waals surface area contributed by atoms with Crippen LogP contribution in [-0.4, -0.2) is 12.2 Å². The molecule has 0 atom stereocenters. The summed E-state index contributed by atoms with van der Waals surface area (Å²) in [7, 11) is 1.59. The van der Waals surface area contributed by atoms with E-state index in [1.165, 1.54) is 6.07 Å². The zero-order valence-electron chi connectivity index (χ0n) is 12.0. The van der Waals surface area contributed by atoms with Crippen molar-refractivity contribution in [3.63, 3.8) is 0 Å². The molecule has 5 heteroatoms. The van der Waals surface area contributed by atoms with Crippen LogP contribution in [0.2, 0.25) is 0 Å². The van der Waals surface area contributed by atoms with Gasteiger partial charge in [-0.25, -0.2) is 4.79 Å². The molecule has 0 aliphatic rings. The summed E-state index contributed by atoms with van der Waals surface area (Å²) < 4.78 is 10.4. The molecule has 0 saturated heterocycles. The predicted molar refractivity (Wildman–Crippen MR) is 84.5 cm³/mol. The average Bonchev–Trinajstić information content (AvgIpc) is 2.53. The zero-order chi connectivity index (χ0) is 15.5. The zero-order valence-corrected chi connectivity index (χ0v) is 12.0. The van der Waals surface area contributed by atoms with E-state index in [2.05, 4.69) is 5.32 Å². The van der Waals surface area contributed by atoms with Gasteiger partial charge in [-0.1, -0.05) is 0 Å². The minimum Gasteiger partial charge on any atom is -0.508 e. The summed E-state index contributed by atoms with van der Waals surface area (Å²) in [6.07, 6.45) is 0. The van der Waals surface area contributed by atoms with Crippen molar-refractivity contribution >= 4 is 16.7 Å². The lowest BCUT2D eigenvalue weighted by atomic mass is 10.1. The number of ether oxygens (including phenoxy) is 1. The van der Waals surface area contributed by atoms with Gasteiger partial charge in [-0.2, -0.15) is 0 Å². The highest BCUT2D eigenvalue weighted by atomic mass is 16.5. The lowest BCUT2D eigenvalue weighted by Crippen LogP contribution is -2.05. The number of rotatable bonds is 4. The van der Waals surface area contributed by atoms with Crippen LogP contribution in [0.4, 0.5) is 5.69 Å². The SMILES string of the molecule is COc1ccc2oc(=O)cc(CNc3ccc(O)cc3)c2c1. The molecule has 0 fully saturated rings. The number of benzene rings is 2.